The summed E-state index contributed by atoms with van der Waals surface area (Å²) in [5.41, 5.74) is 16.6. The Kier molecular flexibility index (Phi) is 5.98. The van der Waals surface area contributed by atoms with Crippen LogP contribution in [-0.2, 0) is 5.41 Å². The summed E-state index contributed by atoms with van der Waals surface area (Å²) >= 11 is 1.72. The van der Waals surface area contributed by atoms with Crippen molar-refractivity contribution in [3.05, 3.63) is 96.1 Å². The number of benzene rings is 4. The van der Waals surface area contributed by atoms with Crippen LogP contribution in [0.2, 0.25) is 0 Å². The number of para-hydroxylation sites is 1. The minimum absolute atomic E-state index is 0.0387. The van der Waals surface area contributed by atoms with E-state index in [1.165, 1.54) is 38.1 Å². The largest absolute Gasteiger partial charge is 0.398 e. The fourth-order valence-electron chi connectivity index (χ4n) is 4.39. The summed E-state index contributed by atoms with van der Waals surface area (Å²) < 4.78 is 1.19. The molecule has 0 aliphatic heterocycles. The maximum atomic E-state index is 6.29. The molecule has 0 amide bonds. The van der Waals surface area contributed by atoms with Crippen LogP contribution in [-0.4, -0.2) is 4.98 Å². The van der Waals surface area contributed by atoms with Crippen molar-refractivity contribution in [3.8, 4) is 32.8 Å². The van der Waals surface area contributed by atoms with E-state index in [0.29, 0.717) is 5.92 Å². The van der Waals surface area contributed by atoms with Gasteiger partial charge in [-0.1, -0.05) is 95.3 Å². The first-order valence-corrected chi connectivity index (χ1v) is 13.0. The number of thiazole rings is 1. The first kappa shape index (κ1) is 23.3. The van der Waals surface area contributed by atoms with Crippen LogP contribution < -0.4 is 5.73 Å². The Labute approximate surface area is 212 Å². The van der Waals surface area contributed by atoms with Crippen molar-refractivity contribution >= 4 is 27.2 Å². The lowest BCUT2D eigenvalue weighted by atomic mass is 9.85. The number of nitrogens with two attached hydrogens (primary N) is 1. The summed E-state index contributed by atoms with van der Waals surface area (Å²) in [6, 6.07) is 30.4. The lowest BCUT2D eigenvalue weighted by Gasteiger charge is -2.20. The highest BCUT2D eigenvalue weighted by molar-refractivity contribution is 7.21. The number of nitrogens with zero attached hydrogens (tertiary/aromatic N) is 1. The van der Waals surface area contributed by atoms with Gasteiger partial charge in [0.15, 0.2) is 0 Å². The predicted octanol–water partition coefficient (Wildman–Crippen LogP) is 9.30. The van der Waals surface area contributed by atoms with Gasteiger partial charge in [0.1, 0.15) is 5.01 Å². The number of rotatable bonds is 4. The molecule has 1 aromatic heterocycles. The molecule has 0 aliphatic rings. The lowest BCUT2D eigenvalue weighted by Crippen LogP contribution is -2.11. The molecule has 4 aromatic carbocycles. The van der Waals surface area contributed by atoms with E-state index in [4.69, 9.17) is 10.7 Å². The van der Waals surface area contributed by atoms with Gasteiger partial charge in [0.25, 0.3) is 0 Å². The lowest BCUT2D eigenvalue weighted by molar-refractivity contribution is 0.591. The molecule has 0 saturated heterocycles. The topological polar surface area (TPSA) is 38.9 Å². The van der Waals surface area contributed by atoms with Crippen LogP contribution in [0.1, 0.15) is 51.7 Å². The summed E-state index contributed by atoms with van der Waals surface area (Å²) in [4.78, 5) is 5.09. The second-order valence-corrected chi connectivity index (χ2v) is 11.6. The van der Waals surface area contributed by atoms with Crippen LogP contribution in [0.5, 0.6) is 0 Å². The molecule has 35 heavy (non-hydrogen) atoms. The first-order valence-electron chi connectivity index (χ1n) is 12.2. The van der Waals surface area contributed by atoms with Gasteiger partial charge in [-0.3, -0.25) is 0 Å². The molecule has 3 heteroatoms. The van der Waals surface area contributed by atoms with Gasteiger partial charge in [-0.05, 0) is 63.4 Å². The van der Waals surface area contributed by atoms with Crippen molar-refractivity contribution in [2.75, 3.05) is 5.73 Å². The Morgan fingerprint density at radius 3 is 1.94 bits per heavy atom. The number of aromatic nitrogens is 1. The average Bonchev–Trinajstić information content (AvgIpc) is 3.27. The van der Waals surface area contributed by atoms with Gasteiger partial charge >= 0.3 is 0 Å². The number of hydrogen-bond donors (Lipinski definition) is 1. The Hall–Kier alpha value is -3.43. The van der Waals surface area contributed by atoms with Crippen LogP contribution >= 0.6 is 11.3 Å². The molecular weight excluding hydrogens is 444 g/mol. The van der Waals surface area contributed by atoms with Crippen molar-refractivity contribution < 1.29 is 0 Å². The van der Waals surface area contributed by atoms with E-state index in [1.54, 1.807) is 11.3 Å². The van der Waals surface area contributed by atoms with E-state index in [1.807, 2.05) is 18.2 Å². The van der Waals surface area contributed by atoms with Gasteiger partial charge in [-0.2, -0.15) is 0 Å². The molecule has 0 atom stereocenters. The van der Waals surface area contributed by atoms with Crippen LogP contribution in [0.25, 0.3) is 43.0 Å². The van der Waals surface area contributed by atoms with Crippen molar-refractivity contribution in [2.24, 2.45) is 0 Å². The van der Waals surface area contributed by atoms with Crippen LogP contribution in [0.3, 0.4) is 0 Å². The summed E-state index contributed by atoms with van der Waals surface area (Å²) in [7, 11) is 0. The van der Waals surface area contributed by atoms with Gasteiger partial charge in [-0.15, -0.1) is 11.3 Å². The second-order valence-electron chi connectivity index (χ2n) is 10.6. The highest BCUT2D eigenvalue weighted by Gasteiger charge is 2.20. The van der Waals surface area contributed by atoms with Gasteiger partial charge in [0.05, 0.1) is 10.2 Å². The zero-order valence-corrected chi connectivity index (χ0v) is 21.9. The summed E-state index contributed by atoms with van der Waals surface area (Å²) in [6.07, 6.45) is 0. The third-order valence-corrected chi connectivity index (χ3v) is 7.69. The molecule has 0 unspecified atom stereocenters. The summed E-state index contributed by atoms with van der Waals surface area (Å²) in [5.74, 6) is 0.540. The Bertz CT molecular complexity index is 1480. The molecule has 0 radical (unpaired) electrons. The Morgan fingerprint density at radius 1 is 0.743 bits per heavy atom. The van der Waals surface area contributed by atoms with E-state index >= 15 is 0 Å². The molecule has 2 N–H and O–H groups in total. The molecule has 0 bridgehead atoms. The normalized spacial score (nSPS) is 11.9. The molecule has 5 aromatic rings. The zero-order chi connectivity index (χ0) is 24.7. The molecular formula is C32H32N2S. The molecule has 0 fully saturated rings. The highest BCUT2D eigenvalue weighted by Crippen LogP contribution is 2.40. The molecule has 1 heterocycles. The van der Waals surface area contributed by atoms with Gasteiger partial charge in [0, 0.05) is 16.8 Å². The molecule has 176 valence electrons. The minimum Gasteiger partial charge on any atom is -0.398 e. The Balaban J connectivity index is 1.61. The number of fused-ring (bicyclic) bond motifs is 1. The monoisotopic (exact) mass is 476 g/mol. The predicted molar refractivity (Wildman–Crippen MR) is 153 cm³/mol. The molecule has 5 rings (SSSR count). The van der Waals surface area contributed by atoms with Crippen LogP contribution in [0.4, 0.5) is 5.69 Å². The van der Waals surface area contributed by atoms with E-state index in [0.717, 1.165) is 21.8 Å². The second kappa shape index (κ2) is 8.98. The maximum absolute atomic E-state index is 6.29. The van der Waals surface area contributed by atoms with E-state index in [2.05, 4.69) is 101 Å². The van der Waals surface area contributed by atoms with Crippen molar-refractivity contribution in [1.29, 1.82) is 0 Å². The quantitative estimate of drug-likeness (QED) is 0.262. The number of hydrogen-bond acceptors (Lipinski definition) is 3. The molecule has 0 spiro atoms. The van der Waals surface area contributed by atoms with Crippen molar-refractivity contribution in [3.63, 3.8) is 0 Å². The summed E-state index contributed by atoms with van der Waals surface area (Å²) in [6.45, 7) is 11.2. The number of anilines is 1. The fraction of sp³-hybridized carbons (Fsp3) is 0.219. The third kappa shape index (κ3) is 4.61. The fourth-order valence-corrected chi connectivity index (χ4v) is 5.47. The van der Waals surface area contributed by atoms with Crippen LogP contribution in [0, 0.1) is 0 Å². The van der Waals surface area contributed by atoms with Crippen LogP contribution in [0.15, 0.2) is 84.9 Å². The van der Waals surface area contributed by atoms with Crippen molar-refractivity contribution in [1.82, 2.24) is 4.98 Å². The summed E-state index contributed by atoms with van der Waals surface area (Å²) in [5, 5.41) is 0.965. The molecule has 0 aliphatic carbocycles. The van der Waals surface area contributed by atoms with E-state index in [9.17, 15) is 0 Å². The molecule has 2 nitrogen and oxygen atoms in total. The van der Waals surface area contributed by atoms with Gasteiger partial charge in [-0.25, -0.2) is 4.98 Å². The maximum Gasteiger partial charge on any atom is 0.126 e. The Morgan fingerprint density at radius 2 is 1.34 bits per heavy atom. The van der Waals surface area contributed by atoms with Crippen molar-refractivity contribution in [2.45, 2.75) is 46.0 Å². The third-order valence-electron chi connectivity index (χ3n) is 6.66. The van der Waals surface area contributed by atoms with E-state index < -0.39 is 0 Å². The van der Waals surface area contributed by atoms with E-state index in [-0.39, 0.29) is 5.41 Å². The SMILES string of the molecule is CC(C)c1ccc(-c2ccc(-c3cc(C(C)(C)C)cc4sc(-c5ccccc5N)nc34)cc2)cc1. The minimum atomic E-state index is 0.0387. The average molecular weight is 477 g/mol. The highest BCUT2D eigenvalue weighted by atomic mass is 32.1. The smallest absolute Gasteiger partial charge is 0.126 e. The zero-order valence-electron chi connectivity index (χ0n) is 21.1. The molecule has 0 saturated carbocycles. The van der Waals surface area contributed by atoms with Gasteiger partial charge in [0.2, 0.25) is 0 Å². The first-order chi connectivity index (χ1) is 16.7. The standard InChI is InChI=1S/C32H32N2S/c1-20(2)21-10-12-22(13-11-21)23-14-16-24(17-15-23)27-18-25(32(3,4)5)19-29-30(27)34-31(35-29)26-8-6-7-9-28(26)33/h6-20H,33H2,1-5H3. The number of nitrogen functional groups attached to an aromatic ring is 1. The van der Waals surface area contributed by atoms with Gasteiger partial charge < -0.3 is 5.73 Å².